The number of hydrogen-bond acceptors (Lipinski definition) is 4. The lowest BCUT2D eigenvalue weighted by Gasteiger charge is -2.24. The predicted molar refractivity (Wildman–Crippen MR) is 68.0 cm³/mol. The molecule has 0 aromatic heterocycles. The summed E-state index contributed by atoms with van der Waals surface area (Å²) < 4.78 is 16.0. The van der Waals surface area contributed by atoms with E-state index < -0.39 is 8.80 Å². The van der Waals surface area contributed by atoms with Gasteiger partial charge in [-0.3, -0.25) is 0 Å². The molecule has 0 aliphatic rings. The molecule has 0 aliphatic carbocycles. The molecule has 0 bridgehead atoms. The molecule has 16 heavy (non-hydrogen) atoms. The van der Waals surface area contributed by atoms with E-state index in [1.807, 2.05) is 5.70 Å². The smallest absolute Gasteiger partial charge is 0.374 e. The first-order valence-corrected chi connectivity index (χ1v) is 7.31. The molecule has 0 heterocycles. The summed E-state index contributed by atoms with van der Waals surface area (Å²) in [6.45, 7) is 5.05. The van der Waals surface area contributed by atoms with Gasteiger partial charge in [-0.05, 0) is 30.5 Å². The van der Waals surface area contributed by atoms with Crippen LogP contribution in [0.25, 0.3) is 0 Å². The normalized spacial score (nSPS) is 13.6. The molecule has 0 saturated heterocycles. The molecule has 0 aliphatic heterocycles. The summed E-state index contributed by atoms with van der Waals surface area (Å²) in [5.41, 5.74) is 7.53. The SMILES string of the molecule is CO[Si](/C=C\C(C)(C)CCCN)(OC)OC. The highest BCUT2D eigenvalue weighted by atomic mass is 28.4. The minimum atomic E-state index is -2.58. The quantitative estimate of drug-likeness (QED) is 0.664. The van der Waals surface area contributed by atoms with E-state index in [1.165, 1.54) is 0 Å². The van der Waals surface area contributed by atoms with Gasteiger partial charge in [-0.2, -0.15) is 0 Å². The molecule has 4 nitrogen and oxygen atoms in total. The second-order valence-electron chi connectivity index (χ2n) is 4.43. The largest absolute Gasteiger partial charge is 0.528 e. The van der Waals surface area contributed by atoms with Gasteiger partial charge < -0.3 is 19.0 Å². The molecule has 0 atom stereocenters. The van der Waals surface area contributed by atoms with Crippen molar-refractivity contribution in [2.24, 2.45) is 11.1 Å². The van der Waals surface area contributed by atoms with Crippen molar-refractivity contribution < 1.29 is 13.3 Å². The maximum absolute atomic E-state index is 5.51. The summed E-state index contributed by atoms with van der Waals surface area (Å²) >= 11 is 0. The second-order valence-corrected chi connectivity index (χ2v) is 7.20. The van der Waals surface area contributed by atoms with Crippen LogP contribution in [0.5, 0.6) is 0 Å². The van der Waals surface area contributed by atoms with Gasteiger partial charge in [0, 0.05) is 21.3 Å². The first-order valence-electron chi connectivity index (χ1n) is 5.51. The van der Waals surface area contributed by atoms with Gasteiger partial charge in [0.05, 0.1) is 0 Å². The fourth-order valence-electron chi connectivity index (χ4n) is 1.42. The van der Waals surface area contributed by atoms with Crippen LogP contribution in [0.2, 0.25) is 0 Å². The Morgan fingerprint density at radius 1 is 1.12 bits per heavy atom. The van der Waals surface area contributed by atoms with E-state index in [4.69, 9.17) is 19.0 Å². The molecule has 0 saturated carbocycles. The molecule has 0 aromatic carbocycles. The Kier molecular flexibility index (Phi) is 7.10. The van der Waals surface area contributed by atoms with Crippen molar-refractivity contribution in [1.29, 1.82) is 0 Å². The predicted octanol–water partition coefficient (Wildman–Crippen LogP) is 1.72. The maximum atomic E-state index is 5.51. The van der Waals surface area contributed by atoms with Crippen LogP contribution in [0.15, 0.2) is 11.8 Å². The highest BCUT2D eigenvalue weighted by Crippen LogP contribution is 2.25. The van der Waals surface area contributed by atoms with Crippen LogP contribution in [-0.2, 0) is 13.3 Å². The van der Waals surface area contributed by atoms with Gasteiger partial charge in [0.15, 0.2) is 0 Å². The minimum Gasteiger partial charge on any atom is -0.374 e. The van der Waals surface area contributed by atoms with Gasteiger partial charge in [-0.25, -0.2) is 0 Å². The fourth-order valence-corrected chi connectivity index (χ4v) is 2.99. The Labute approximate surface area is 100 Å². The molecular formula is C11H25NO3Si. The first-order chi connectivity index (χ1) is 7.45. The molecule has 5 heteroatoms. The van der Waals surface area contributed by atoms with Gasteiger partial charge >= 0.3 is 8.80 Å². The van der Waals surface area contributed by atoms with E-state index >= 15 is 0 Å². The van der Waals surface area contributed by atoms with Gasteiger partial charge in [-0.15, -0.1) is 0 Å². The molecule has 0 radical (unpaired) electrons. The van der Waals surface area contributed by atoms with Crippen LogP contribution in [-0.4, -0.2) is 36.7 Å². The number of nitrogens with two attached hydrogens (primary N) is 1. The lowest BCUT2D eigenvalue weighted by Crippen LogP contribution is -2.41. The van der Waals surface area contributed by atoms with E-state index in [-0.39, 0.29) is 5.41 Å². The number of rotatable bonds is 8. The van der Waals surface area contributed by atoms with Crippen LogP contribution < -0.4 is 5.73 Å². The average molecular weight is 247 g/mol. The molecule has 0 amide bonds. The van der Waals surface area contributed by atoms with Gasteiger partial charge in [0.2, 0.25) is 0 Å². The highest BCUT2D eigenvalue weighted by molar-refractivity contribution is 6.66. The van der Waals surface area contributed by atoms with Crippen LogP contribution in [0.3, 0.4) is 0 Å². The monoisotopic (exact) mass is 247 g/mol. The molecule has 0 unspecified atom stereocenters. The first kappa shape index (κ1) is 15.8. The van der Waals surface area contributed by atoms with Crippen molar-refractivity contribution in [2.45, 2.75) is 26.7 Å². The number of allylic oxidation sites excluding steroid dienone is 1. The van der Waals surface area contributed by atoms with E-state index in [1.54, 1.807) is 21.3 Å². The fraction of sp³-hybridized carbons (Fsp3) is 0.818. The lowest BCUT2D eigenvalue weighted by atomic mass is 9.88. The standard InChI is InChI=1S/C11H25NO3Si/c1-11(2,7-6-9-12)8-10-16(13-3,14-4)15-5/h8,10H,6-7,9,12H2,1-5H3/b10-8-. The van der Waals surface area contributed by atoms with E-state index in [9.17, 15) is 0 Å². The Balaban J connectivity index is 4.53. The van der Waals surface area contributed by atoms with E-state index in [0.717, 1.165) is 19.4 Å². The lowest BCUT2D eigenvalue weighted by molar-refractivity contribution is 0.138. The van der Waals surface area contributed by atoms with Gasteiger partial charge in [0.1, 0.15) is 0 Å². The minimum absolute atomic E-state index is 0.0905. The third kappa shape index (κ3) is 5.22. The summed E-state index contributed by atoms with van der Waals surface area (Å²) in [6, 6.07) is 0. The molecular weight excluding hydrogens is 222 g/mol. The molecule has 0 rings (SSSR count). The van der Waals surface area contributed by atoms with Crippen molar-refractivity contribution >= 4 is 8.80 Å². The number of hydrogen-bond donors (Lipinski definition) is 1. The summed E-state index contributed by atoms with van der Waals surface area (Å²) in [5.74, 6) is 0. The maximum Gasteiger partial charge on any atom is 0.528 e. The molecule has 96 valence electrons. The van der Waals surface area contributed by atoms with E-state index in [0.29, 0.717) is 0 Å². The third-order valence-electron chi connectivity index (χ3n) is 2.62. The van der Waals surface area contributed by atoms with Crippen molar-refractivity contribution in [3.05, 3.63) is 11.8 Å². The van der Waals surface area contributed by atoms with Crippen molar-refractivity contribution in [3.8, 4) is 0 Å². The van der Waals surface area contributed by atoms with Crippen LogP contribution in [0.1, 0.15) is 26.7 Å². The van der Waals surface area contributed by atoms with Crippen LogP contribution in [0.4, 0.5) is 0 Å². The van der Waals surface area contributed by atoms with Crippen molar-refractivity contribution in [3.63, 3.8) is 0 Å². The van der Waals surface area contributed by atoms with Gasteiger partial charge in [0.25, 0.3) is 0 Å². The third-order valence-corrected chi connectivity index (χ3v) is 4.90. The van der Waals surface area contributed by atoms with Crippen molar-refractivity contribution in [2.75, 3.05) is 27.9 Å². The summed E-state index contributed by atoms with van der Waals surface area (Å²) in [4.78, 5) is 0. The summed E-state index contributed by atoms with van der Waals surface area (Å²) in [6.07, 6.45) is 4.16. The second kappa shape index (κ2) is 7.19. The van der Waals surface area contributed by atoms with Crippen LogP contribution >= 0.6 is 0 Å². The Morgan fingerprint density at radius 2 is 1.62 bits per heavy atom. The summed E-state index contributed by atoms with van der Waals surface area (Å²) in [5, 5.41) is 0. The van der Waals surface area contributed by atoms with Crippen molar-refractivity contribution in [1.82, 2.24) is 0 Å². The Bertz CT molecular complexity index is 207. The molecule has 0 spiro atoms. The Hall–Kier alpha value is -0.203. The molecule has 2 N–H and O–H groups in total. The molecule has 0 fully saturated rings. The zero-order chi connectivity index (χ0) is 12.7. The average Bonchev–Trinajstić information content (AvgIpc) is 2.29. The van der Waals surface area contributed by atoms with Crippen LogP contribution in [0, 0.1) is 5.41 Å². The van der Waals surface area contributed by atoms with Gasteiger partial charge in [-0.1, -0.05) is 19.9 Å². The zero-order valence-corrected chi connectivity index (χ0v) is 12.1. The highest BCUT2D eigenvalue weighted by Gasteiger charge is 2.35. The summed E-state index contributed by atoms with van der Waals surface area (Å²) in [7, 11) is 2.24. The topological polar surface area (TPSA) is 53.7 Å². The molecule has 0 aromatic rings. The Morgan fingerprint density at radius 3 is 2.00 bits per heavy atom. The zero-order valence-electron chi connectivity index (χ0n) is 11.1. The van der Waals surface area contributed by atoms with E-state index in [2.05, 4.69) is 19.9 Å².